The summed E-state index contributed by atoms with van der Waals surface area (Å²) in [6.07, 6.45) is 0.238. The molecule has 0 saturated carbocycles. The fraction of sp³-hybridized carbons (Fsp3) is 0.364. The molecule has 1 amide bonds. The molecule has 17 heavy (non-hydrogen) atoms. The number of rotatable bonds is 4. The molecule has 0 unspecified atom stereocenters. The Bertz CT molecular complexity index is 386. The van der Waals surface area contributed by atoms with Crippen molar-refractivity contribution in [2.24, 2.45) is 5.73 Å². The van der Waals surface area contributed by atoms with Crippen LogP contribution in [0, 0.1) is 11.6 Å². The van der Waals surface area contributed by atoms with E-state index in [1.54, 1.807) is 6.92 Å². The van der Waals surface area contributed by atoms with Crippen LogP contribution in [0.4, 0.5) is 8.78 Å². The summed E-state index contributed by atoms with van der Waals surface area (Å²) in [5, 5.41) is 2.52. The second kappa shape index (κ2) is 7.19. The number of hydrogen-bond donors (Lipinski definition) is 2. The van der Waals surface area contributed by atoms with E-state index in [1.165, 1.54) is 0 Å². The van der Waals surface area contributed by atoms with Crippen molar-refractivity contribution in [2.75, 3.05) is 6.54 Å². The SMILES string of the molecule is C[C@@H](N)C(=O)NCCc1cc(F)ccc1F.Cl. The third-order valence-corrected chi connectivity index (χ3v) is 2.11. The van der Waals surface area contributed by atoms with Gasteiger partial charge in [0.25, 0.3) is 0 Å². The summed E-state index contributed by atoms with van der Waals surface area (Å²) in [6.45, 7) is 1.79. The van der Waals surface area contributed by atoms with Gasteiger partial charge in [-0.1, -0.05) is 0 Å². The Morgan fingerprint density at radius 2 is 2.12 bits per heavy atom. The molecule has 3 nitrogen and oxygen atoms in total. The number of halogens is 3. The molecule has 0 spiro atoms. The molecule has 0 aliphatic heterocycles. The summed E-state index contributed by atoms with van der Waals surface area (Å²) in [4.78, 5) is 11.1. The van der Waals surface area contributed by atoms with Crippen molar-refractivity contribution >= 4 is 18.3 Å². The highest BCUT2D eigenvalue weighted by molar-refractivity contribution is 5.85. The number of nitrogens with two attached hydrogens (primary N) is 1. The Kier molecular flexibility index (Phi) is 6.68. The van der Waals surface area contributed by atoms with E-state index in [9.17, 15) is 13.6 Å². The average Bonchev–Trinajstić information content (AvgIpc) is 2.22. The zero-order chi connectivity index (χ0) is 12.1. The molecule has 0 aliphatic carbocycles. The zero-order valence-corrected chi connectivity index (χ0v) is 10.2. The topological polar surface area (TPSA) is 55.1 Å². The van der Waals surface area contributed by atoms with Crippen LogP contribution < -0.4 is 11.1 Å². The zero-order valence-electron chi connectivity index (χ0n) is 9.37. The number of carbonyl (C=O) groups is 1. The van der Waals surface area contributed by atoms with Crippen LogP contribution in [0.5, 0.6) is 0 Å². The van der Waals surface area contributed by atoms with Gasteiger partial charge in [-0.2, -0.15) is 0 Å². The van der Waals surface area contributed by atoms with E-state index in [4.69, 9.17) is 5.73 Å². The van der Waals surface area contributed by atoms with Crippen LogP contribution in [0.15, 0.2) is 18.2 Å². The smallest absolute Gasteiger partial charge is 0.236 e. The lowest BCUT2D eigenvalue weighted by Gasteiger charge is -2.08. The van der Waals surface area contributed by atoms with Crippen molar-refractivity contribution in [1.29, 1.82) is 0 Å². The molecule has 0 aliphatic rings. The summed E-state index contributed by atoms with van der Waals surface area (Å²) < 4.78 is 25.9. The molecule has 0 fully saturated rings. The third-order valence-electron chi connectivity index (χ3n) is 2.11. The first-order valence-corrected chi connectivity index (χ1v) is 4.98. The number of amides is 1. The lowest BCUT2D eigenvalue weighted by atomic mass is 10.1. The summed E-state index contributed by atoms with van der Waals surface area (Å²) in [6, 6.07) is 2.64. The van der Waals surface area contributed by atoms with Crippen molar-refractivity contribution in [2.45, 2.75) is 19.4 Å². The highest BCUT2D eigenvalue weighted by atomic mass is 35.5. The van der Waals surface area contributed by atoms with E-state index in [2.05, 4.69) is 5.32 Å². The lowest BCUT2D eigenvalue weighted by molar-refractivity contribution is -0.121. The fourth-order valence-corrected chi connectivity index (χ4v) is 1.22. The van der Waals surface area contributed by atoms with Crippen LogP contribution in [0.3, 0.4) is 0 Å². The predicted molar refractivity (Wildman–Crippen MR) is 64.0 cm³/mol. The second-order valence-corrected chi connectivity index (χ2v) is 3.57. The molecule has 96 valence electrons. The summed E-state index contributed by atoms with van der Waals surface area (Å²) in [7, 11) is 0. The van der Waals surface area contributed by atoms with Gasteiger partial charge in [-0.3, -0.25) is 4.79 Å². The molecule has 1 atom stereocenters. The molecular weight excluding hydrogens is 250 g/mol. The number of hydrogen-bond acceptors (Lipinski definition) is 2. The molecule has 0 saturated heterocycles. The van der Waals surface area contributed by atoms with Gasteiger partial charge in [-0.15, -0.1) is 12.4 Å². The molecule has 0 radical (unpaired) electrons. The van der Waals surface area contributed by atoms with E-state index in [1.807, 2.05) is 0 Å². The lowest BCUT2D eigenvalue weighted by Crippen LogP contribution is -2.39. The monoisotopic (exact) mass is 264 g/mol. The molecule has 0 heterocycles. The molecule has 1 rings (SSSR count). The van der Waals surface area contributed by atoms with E-state index >= 15 is 0 Å². The predicted octanol–water partition coefficient (Wildman–Crippen LogP) is 1.39. The van der Waals surface area contributed by atoms with Crippen molar-refractivity contribution in [3.05, 3.63) is 35.4 Å². The highest BCUT2D eigenvalue weighted by Crippen LogP contribution is 2.09. The standard InChI is InChI=1S/C11H14F2N2O.ClH/c1-7(14)11(16)15-5-4-8-6-9(12)2-3-10(8)13;/h2-3,6-7H,4-5,14H2,1H3,(H,15,16);1H/t7-;/m1./s1. The molecule has 6 heteroatoms. The van der Waals surface area contributed by atoms with Crippen LogP contribution in [-0.4, -0.2) is 18.5 Å². The minimum absolute atomic E-state index is 0. The number of carbonyl (C=O) groups excluding carboxylic acids is 1. The fourth-order valence-electron chi connectivity index (χ4n) is 1.22. The van der Waals surface area contributed by atoms with Gasteiger partial charge in [0.1, 0.15) is 11.6 Å². The molecular formula is C11H15ClF2N2O. The Labute approximate surface area is 105 Å². The first-order valence-electron chi connectivity index (χ1n) is 4.98. The summed E-state index contributed by atoms with van der Waals surface area (Å²) in [5.41, 5.74) is 5.56. The summed E-state index contributed by atoms with van der Waals surface area (Å²) >= 11 is 0. The van der Waals surface area contributed by atoms with Gasteiger partial charge in [0, 0.05) is 6.54 Å². The largest absolute Gasteiger partial charge is 0.354 e. The molecule has 0 bridgehead atoms. The summed E-state index contributed by atoms with van der Waals surface area (Å²) in [5.74, 6) is -1.27. The molecule has 1 aromatic rings. The maximum atomic E-state index is 13.1. The molecule has 1 aromatic carbocycles. The van der Waals surface area contributed by atoms with Crippen molar-refractivity contribution in [3.8, 4) is 0 Å². The Hall–Kier alpha value is -1.20. The quantitative estimate of drug-likeness (QED) is 0.864. The first-order chi connectivity index (χ1) is 7.50. The normalized spacial score (nSPS) is 11.5. The second-order valence-electron chi connectivity index (χ2n) is 3.57. The van der Waals surface area contributed by atoms with Gasteiger partial charge in [-0.25, -0.2) is 8.78 Å². The van der Waals surface area contributed by atoms with Gasteiger partial charge in [0.15, 0.2) is 0 Å². The maximum Gasteiger partial charge on any atom is 0.236 e. The first kappa shape index (κ1) is 15.8. The van der Waals surface area contributed by atoms with Gasteiger partial charge in [-0.05, 0) is 37.1 Å². The minimum atomic E-state index is -0.600. The van der Waals surface area contributed by atoms with Crippen molar-refractivity contribution in [1.82, 2.24) is 5.32 Å². The highest BCUT2D eigenvalue weighted by Gasteiger charge is 2.07. The van der Waals surface area contributed by atoms with Crippen LogP contribution in [0.2, 0.25) is 0 Å². The van der Waals surface area contributed by atoms with Crippen molar-refractivity contribution < 1.29 is 13.6 Å². The third kappa shape index (κ3) is 5.10. The average molecular weight is 265 g/mol. The van der Waals surface area contributed by atoms with Crippen LogP contribution >= 0.6 is 12.4 Å². The Morgan fingerprint density at radius 3 is 2.71 bits per heavy atom. The Balaban J connectivity index is 0.00000256. The van der Waals surface area contributed by atoms with Gasteiger partial charge in [0.05, 0.1) is 6.04 Å². The van der Waals surface area contributed by atoms with Gasteiger partial charge < -0.3 is 11.1 Å². The molecule has 3 N–H and O–H groups in total. The van der Waals surface area contributed by atoms with E-state index < -0.39 is 17.7 Å². The number of benzene rings is 1. The Morgan fingerprint density at radius 1 is 1.47 bits per heavy atom. The van der Waals surface area contributed by atoms with Gasteiger partial charge >= 0.3 is 0 Å². The number of nitrogens with one attached hydrogen (secondary N) is 1. The van der Waals surface area contributed by atoms with E-state index in [0.29, 0.717) is 0 Å². The maximum absolute atomic E-state index is 13.1. The van der Waals surface area contributed by atoms with Crippen LogP contribution in [0.25, 0.3) is 0 Å². The van der Waals surface area contributed by atoms with Gasteiger partial charge in [0.2, 0.25) is 5.91 Å². The van der Waals surface area contributed by atoms with Crippen LogP contribution in [-0.2, 0) is 11.2 Å². The van der Waals surface area contributed by atoms with Crippen LogP contribution in [0.1, 0.15) is 12.5 Å². The van der Waals surface area contributed by atoms with E-state index in [-0.39, 0.29) is 36.8 Å². The minimum Gasteiger partial charge on any atom is -0.354 e. The van der Waals surface area contributed by atoms with E-state index in [0.717, 1.165) is 18.2 Å². The molecule has 0 aromatic heterocycles. The van der Waals surface area contributed by atoms with Crippen molar-refractivity contribution in [3.63, 3.8) is 0 Å².